The van der Waals surface area contributed by atoms with Gasteiger partial charge in [0.15, 0.2) is 5.11 Å². The highest BCUT2D eigenvalue weighted by Gasteiger charge is 2.27. The molecule has 9 heteroatoms. The molecule has 3 aromatic rings. The van der Waals surface area contributed by atoms with Crippen molar-refractivity contribution in [2.24, 2.45) is 0 Å². The summed E-state index contributed by atoms with van der Waals surface area (Å²) in [5, 5.41) is 6.48. The van der Waals surface area contributed by atoms with Gasteiger partial charge >= 0.3 is 5.97 Å². The average Bonchev–Trinajstić information content (AvgIpc) is 3.25. The smallest absolute Gasteiger partial charge is 0.341 e. The third-order valence-electron chi connectivity index (χ3n) is 5.59. The summed E-state index contributed by atoms with van der Waals surface area (Å²) < 4.78 is 16.6. The van der Waals surface area contributed by atoms with Crippen molar-refractivity contribution in [2.45, 2.75) is 32.6 Å². The number of nitrogens with one attached hydrogen (secondary N) is 2. The van der Waals surface area contributed by atoms with Crippen LogP contribution in [0.1, 0.15) is 50.9 Å². The highest BCUT2D eigenvalue weighted by atomic mass is 32.1. The SMILES string of the molecule is CCOC(=O)c1c(NC(=S)NC(=O)c2ccc(OCCOc3ccccc3)cc2)sc2c1CCCC2. The van der Waals surface area contributed by atoms with Crippen LogP contribution in [0.15, 0.2) is 54.6 Å². The number of thiophene rings is 1. The van der Waals surface area contributed by atoms with Crippen LogP contribution in [0.25, 0.3) is 0 Å². The first-order chi connectivity index (χ1) is 17.5. The Morgan fingerprint density at radius 1 is 0.944 bits per heavy atom. The lowest BCUT2D eigenvalue weighted by Gasteiger charge is -2.13. The molecule has 1 amide bonds. The maximum absolute atomic E-state index is 12.7. The molecule has 1 aromatic heterocycles. The zero-order valence-electron chi connectivity index (χ0n) is 20.0. The number of benzene rings is 2. The molecule has 0 radical (unpaired) electrons. The number of hydrogen-bond acceptors (Lipinski definition) is 7. The Kier molecular flexibility index (Phi) is 8.91. The molecule has 0 fully saturated rings. The number of thiocarbonyl (C=S) groups is 1. The molecule has 0 bridgehead atoms. The van der Waals surface area contributed by atoms with E-state index < -0.39 is 0 Å². The second-order valence-corrected chi connectivity index (χ2v) is 9.59. The summed E-state index contributed by atoms with van der Waals surface area (Å²) in [7, 11) is 0. The quantitative estimate of drug-likeness (QED) is 0.221. The van der Waals surface area contributed by atoms with Gasteiger partial charge in [-0.1, -0.05) is 18.2 Å². The molecule has 188 valence electrons. The van der Waals surface area contributed by atoms with Crippen molar-refractivity contribution in [3.63, 3.8) is 0 Å². The van der Waals surface area contributed by atoms with Gasteiger partial charge in [-0.05, 0) is 86.8 Å². The summed E-state index contributed by atoms with van der Waals surface area (Å²) in [6, 6.07) is 16.3. The average molecular weight is 525 g/mol. The highest BCUT2D eigenvalue weighted by Crippen LogP contribution is 2.38. The van der Waals surface area contributed by atoms with E-state index in [4.69, 9.17) is 26.4 Å². The lowest BCUT2D eigenvalue weighted by molar-refractivity contribution is 0.0526. The molecule has 0 unspecified atom stereocenters. The topological polar surface area (TPSA) is 85.9 Å². The molecule has 1 aliphatic rings. The van der Waals surface area contributed by atoms with E-state index in [1.165, 1.54) is 16.2 Å². The van der Waals surface area contributed by atoms with E-state index in [0.717, 1.165) is 37.0 Å². The molecule has 1 aliphatic carbocycles. The van der Waals surface area contributed by atoms with Crippen molar-refractivity contribution in [3.8, 4) is 11.5 Å². The Morgan fingerprint density at radius 3 is 2.31 bits per heavy atom. The zero-order valence-corrected chi connectivity index (χ0v) is 21.6. The third kappa shape index (κ3) is 6.61. The molecule has 0 aliphatic heterocycles. The lowest BCUT2D eigenvalue weighted by Crippen LogP contribution is -2.34. The summed E-state index contributed by atoms with van der Waals surface area (Å²) in [5.74, 6) is 0.700. The first-order valence-electron chi connectivity index (χ1n) is 11.9. The standard InChI is InChI=1S/C27H28N2O5S2/c1-2-32-26(31)23-21-10-6-7-11-22(21)36-25(23)29-27(35)28-24(30)18-12-14-20(15-13-18)34-17-16-33-19-8-4-3-5-9-19/h3-5,8-9,12-15H,2,6-7,10-11,16-17H2,1H3,(H2,28,29,30,35). The molecular weight excluding hydrogens is 496 g/mol. The second kappa shape index (κ2) is 12.5. The highest BCUT2D eigenvalue weighted by molar-refractivity contribution is 7.80. The summed E-state index contributed by atoms with van der Waals surface area (Å²) >= 11 is 6.87. The van der Waals surface area contributed by atoms with Gasteiger partial charge in [0, 0.05) is 10.4 Å². The summed E-state index contributed by atoms with van der Waals surface area (Å²) in [6.45, 7) is 2.86. The Labute approximate surface area is 219 Å². The van der Waals surface area contributed by atoms with Gasteiger partial charge in [-0.3, -0.25) is 10.1 Å². The number of carbonyl (C=O) groups excluding carboxylic acids is 2. The van der Waals surface area contributed by atoms with Gasteiger partial charge in [-0.15, -0.1) is 11.3 Å². The Balaban J connectivity index is 1.30. The number of hydrogen-bond donors (Lipinski definition) is 2. The van der Waals surface area contributed by atoms with Gasteiger partial charge in [-0.2, -0.15) is 0 Å². The van der Waals surface area contributed by atoms with Crippen LogP contribution in [0.3, 0.4) is 0 Å². The molecule has 2 aromatic carbocycles. The molecule has 2 N–H and O–H groups in total. The van der Waals surface area contributed by atoms with Crippen LogP contribution in [0.4, 0.5) is 5.00 Å². The van der Waals surface area contributed by atoms with Crippen molar-refractivity contribution >= 4 is 45.5 Å². The molecule has 0 saturated heterocycles. The van der Waals surface area contributed by atoms with Gasteiger partial charge in [-0.25, -0.2) is 4.79 Å². The molecule has 7 nitrogen and oxygen atoms in total. The maximum atomic E-state index is 12.7. The summed E-state index contributed by atoms with van der Waals surface area (Å²) in [5.41, 5.74) is 2.00. The summed E-state index contributed by atoms with van der Waals surface area (Å²) in [6.07, 6.45) is 3.90. The predicted molar refractivity (Wildman–Crippen MR) is 144 cm³/mol. The lowest BCUT2D eigenvalue weighted by atomic mass is 9.95. The Morgan fingerprint density at radius 2 is 1.61 bits per heavy atom. The van der Waals surface area contributed by atoms with Crippen molar-refractivity contribution < 1.29 is 23.8 Å². The van der Waals surface area contributed by atoms with Crippen molar-refractivity contribution in [2.75, 3.05) is 25.1 Å². The van der Waals surface area contributed by atoms with E-state index in [0.29, 0.717) is 41.7 Å². The number of carbonyl (C=O) groups is 2. The zero-order chi connectivity index (χ0) is 25.3. The molecule has 1 heterocycles. The number of para-hydroxylation sites is 1. The van der Waals surface area contributed by atoms with Crippen LogP contribution >= 0.6 is 23.6 Å². The minimum Gasteiger partial charge on any atom is -0.490 e. The van der Waals surface area contributed by atoms with Crippen molar-refractivity contribution in [3.05, 3.63) is 76.2 Å². The van der Waals surface area contributed by atoms with Gasteiger partial charge in [0.25, 0.3) is 5.91 Å². The van der Waals surface area contributed by atoms with Crippen LogP contribution < -0.4 is 20.1 Å². The van der Waals surface area contributed by atoms with Gasteiger partial charge in [0.05, 0.1) is 12.2 Å². The van der Waals surface area contributed by atoms with E-state index in [1.54, 1.807) is 31.2 Å². The van der Waals surface area contributed by atoms with E-state index in [9.17, 15) is 9.59 Å². The number of anilines is 1. The molecule has 0 atom stereocenters. The Bertz CT molecular complexity index is 1210. The normalized spacial score (nSPS) is 12.2. The minimum atomic E-state index is -0.363. The van der Waals surface area contributed by atoms with Gasteiger partial charge in [0.2, 0.25) is 0 Å². The van der Waals surface area contributed by atoms with Gasteiger partial charge < -0.3 is 19.5 Å². The van der Waals surface area contributed by atoms with E-state index in [-0.39, 0.29) is 17.0 Å². The van der Waals surface area contributed by atoms with Crippen LogP contribution in [-0.2, 0) is 17.6 Å². The monoisotopic (exact) mass is 524 g/mol. The maximum Gasteiger partial charge on any atom is 0.341 e. The fraction of sp³-hybridized carbons (Fsp3) is 0.296. The number of fused-ring (bicyclic) bond motifs is 1. The molecule has 36 heavy (non-hydrogen) atoms. The largest absolute Gasteiger partial charge is 0.490 e. The van der Waals surface area contributed by atoms with Crippen LogP contribution in [0, 0.1) is 0 Å². The molecule has 4 rings (SSSR count). The first kappa shape index (κ1) is 25.7. The number of amides is 1. The predicted octanol–water partition coefficient (Wildman–Crippen LogP) is 5.39. The number of ether oxygens (including phenoxy) is 3. The van der Waals surface area contributed by atoms with Gasteiger partial charge in [0.1, 0.15) is 29.7 Å². The van der Waals surface area contributed by atoms with Crippen molar-refractivity contribution in [1.82, 2.24) is 5.32 Å². The fourth-order valence-electron chi connectivity index (χ4n) is 3.92. The van der Waals surface area contributed by atoms with Crippen molar-refractivity contribution in [1.29, 1.82) is 0 Å². The third-order valence-corrected chi connectivity index (χ3v) is 7.00. The minimum absolute atomic E-state index is 0.127. The molecule has 0 spiro atoms. The van der Waals surface area contributed by atoms with Crippen LogP contribution in [0.2, 0.25) is 0 Å². The number of esters is 1. The van der Waals surface area contributed by atoms with E-state index in [1.807, 2.05) is 30.3 Å². The number of aryl methyl sites for hydroxylation is 1. The van der Waals surface area contributed by atoms with Crippen LogP contribution in [0.5, 0.6) is 11.5 Å². The molecular formula is C27H28N2O5S2. The Hall–Kier alpha value is -3.43. The number of rotatable bonds is 9. The summed E-state index contributed by atoms with van der Waals surface area (Å²) in [4.78, 5) is 26.5. The van der Waals surface area contributed by atoms with E-state index >= 15 is 0 Å². The first-order valence-corrected chi connectivity index (χ1v) is 13.1. The second-order valence-electron chi connectivity index (χ2n) is 8.08. The molecule has 0 saturated carbocycles. The fourth-order valence-corrected chi connectivity index (χ4v) is 5.46. The van der Waals surface area contributed by atoms with Crippen LogP contribution in [-0.4, -0.2) is 36.8 Å². The van der Waals surface area contributed by atoms with E-state index in [2.05, 4.69) is 10.6 Å².